The number of halogens is 3. The quantitative estimate of drug-likeness (QED) is 0.0856. The van der Waals surface area contributed by atoms with Crippen LogP contribution in [0.5, 0.6) is 0 Å². The number of carboxylic acid groups (broad SMARTS) is 1. The van der Waals surface area contributed by atoms with Crippen molar-refractivity contribution in [3.8, 4) is 11.4 Å². The molecule has 0 aliphatic carbocycles. The first-order chi connectivity index (χ1) is 19.5. The molecule has 2 aromatic heterocycles. The van der Waals surface area contributed by atoms with Crippen molar-refractivity contribution in [2.24, 2.45) is 5.73 Å². The summed E-state index contributed by atoms with van der Waals surface area (Å²) in [6.07, 6.45) is -3.16. The number of hydrogen-bond acceptors (Lipinski definition) is 9. The van der Waals surface area contributed by atoms with E-state index in [1.165, 1.54) is 30.0 Å². The number of nitrogen functional groups attached to an aromatic ring is 1. The van der Waals surface area contributed by atoms with Crippen molar-refractivity contribution >= 4 is 65.9 Å². The number of hydrogen-bond donors (Lipinski definition) is 4. The van der Waals surface area contributed by atoms with Gasteiger partial charge in [0.1, 0.15) is 11.7 Å². The van der Waals surface area contributed by atoms with E-state index >= 15 is 0 Å². The number of imidazole rings is 1. The standard InChI is InChI=1S/C22H22N4O5S4.C2HF3O2/c1-32-22-19(13-18(33-22)20(23)24)35(30,31)15-7-4-6-14(12-15)21-25-16-8-2-3-9-17(16)26(21)10-5-11-34(27,28)29;3-2(4,5)1(6)7/h2-4,6-9,12-13H,5,10-11H2,1H3,(H3,23,24)(H,27,28,29);(H,6,7). The number of rotatable bonds is 9. The molecule has 0 amide bonds. The zero-order valence-corrected chi connectivity index (χ0v) is 24.8. The van der Waals surface area contributed by atoms with E-state index in [1.54, 1.807) is 18.4 Å². The molecule has 0 atom stereocenters. The number of thiophene rings is 1. The highest BCUT2D eigenvalue weighted by Gasteiger charge is 2.38. The maximum atomic E-state index is 13.5. The predicted molar refractivity (Wildman–Crippen MR) is 152 cm³/mol. The fourth-order valence-corrected chi connectivity index (χ4v) is 8.07. The number of benzene rings is 2. The zero-order chi connectivity index (χ0) is 31.5. The number of nitrogens with two attached hydrogens (primary N) is 1. The first-order valence-electron chi connectivity index (χ1n) is 11.5. The number of aliphatic carboxylic acids is 1. The van der Waals surface area contributed by atoms with Crippen LogP contribution in [-0.2, 0) is 31.3 Å². The van der Waals surface area contributed by atoms with E-state index in [0.29, 0.717) is 26.0 Å². The van der Waals surface area contributed by atoms with Gasteiger partial charge in [-0.1, -0.05) is 24.3 Å². The Labute approximate surface area is 246 Å². The Bertz CT molecular complexity index is 1850. The molecule has 0 spiro atoms. The minimum atomic E-state index is -5.08. The number of carbonyl (C=O) groups is 1. The molecule has 5 N–H and O–H groups in total. The van der Waals surface area contributed by atoms with E-state index in [-0.39, 0.29) is 28.6 Å². The summed E-state index contributed by atoms with van der Waals surface area (Å²) in [5, 5.41) is 14.8. The van der Waals surface area contributed by atoms with Crippen molar-refractivity contribution in [2.75, 3.05) is 12.0 Å². The van der Waals surface area contributed by atoms with Crippen LogP contribution in [-0.4, -0.2) is 66.0 Å². The van der Waals surface area contributed by atoms with Crippen molar-refractivity contribution in [3.63, 3.8) is 0 Å². The van der Waals surface area contributed by atoms with Crippen molar-refractivity contribution in [1.29, 1.82) is 5.41 Å². The molecule has 2 aromatic carbocycles. The highest BCUT2D eigenvalue weighted by Crippen LogP contribution is 2.37. The average Bonchev–Trinajstić information content (AvgIpc) is 3.51. The van der Waals surface area contributed by atoms with Gasteiger partial charge in [0.05, 0.1) is 35.7 Å². The molecule has 11 nitrogen and oxygen atoms in total. The third-order valence-corrected chi connectivity index (χ3v) is 10.6. The molecular weight excluding hydrogens is 642 g/mol. The molecule has 226 valence electrons. The SMILES string of the molecule is CSc1sc(C(=N)N)cc1S(=O)(=O)c1cccc(-c2nc3ccccc3n2CCCS(=O)(=O)O)c1.O=C(O)C(F)(F)F. The number of para-hydroxylation sites is 2. The van der Waals surface area contributed by atoms with E-state index in [9.17, 15) is 30.0 Å². The monoisotopic (exact) mass is 664 g/mol. The van der Waals surface area contributed by atoms with E-state index < -0.39 is 37.9 Å². The van der Waals surface area contributed by atoms with Crippen molar-refractivity contribution < 1.29 is 44.5 Å². The van der Waals surface area contributed by atoms with Crippen molar-refractivity contribution in [1.82, 2.24) is 9.55 Å². The van der Waals surface area contributed by atoms with Gasteiger partial charge in [0.2, 0.25) is 9.84 Å². The van der Waals surface area contributed by atoms with Crippen molar-refractivity contribution in [2.45, 2.75) is 33.1 Å². The molecule has 42 heavy (non-hydrogen) atoms. The Morgan fingerprint density at radius 1 is 1.12 bits per heavy atom. The lowest BCUT2D eigenvalue weighted by atomic mass is 10.2. The second-order valence-electron chi connectivity index (χ2n) is 8.43. The molecule has 0 saturated carbocycles. The van der Waals surface area contributed by atoms with Gasteiger partial charge in [0.15, 0.2) is 0 Å². The Morgan fingerprint density at radius 3 is 2.33 bits per heavy atom. The van der Waals surface area contributed by atoms with Gasteiger partial charge in [-0.2, -0.15) is 21.6 Å². The third-order valence-electron chi connectivity index (χ3n) is 5.49. The summed E-state index contributed by atoms with van der Waals surface area (Å²) in [5.74, 6) is -2.87. The van der Waals surface area contributed by atoms with Crippen LogP contribution in [0.4, 0.5) is 13.2 Å². The normalized spacial score (nSPS) is 12.1. The van der Waals surface area contributed by atoms with Gasteiger partial charge >= 0.3 is 12.1 Å². The van der Waals surface area contributed by atoms with Crippen LogP contribution in [0, 0.1) is 5.41 Å². The number of thioether (sulfide) groups is 1. The lowest BCUT2D eigenvalue weighted by Crippen LogP contribution is -2.21. The largest absolute Gasteiger partial charge is 0.490 e. The minimum absolute atomic E-state index is 0.0646. The molecule has 0 fully saturated rings. The number of carboxylic acids is 1. The lowest BCUT2D eigenvalue weighted by Gasteiger charge is -2.11. The molecule has 18 heteroatoms. The van der Waals surface area contributed by atoms with Crippen molar-refractivity contribution in [3.05, 3.63) is 59.5 Å². The summed E-state index contributed by atoms with van der Waals surface area (Å²) < 4.78 is 92.7. The van der Waals surface area contributed by atoms with Crippen LogP contribution in [0.3, 0.4) is 0 Å². The zero-order valence-electron chi connectivity index (χ0n) is 21.5. The maximum Gasteiger partial charge on any atom is 0.490 e. The molecule has 0 unspecified atom stereocenters. The molecule has 0 saturated heterocycles. The van der Waals surface area contributed by atoms with Gasteiger partial charge in [0, 0.05) is 12.1 Å². The molecule has 0 aliphatic heterocycles. The lowest BCUT2D eigenvalue weighted by molar-refractivity contribution is -0.192. The molecule has 0 bridgehead atoms. The summed E-state index contributed by atoms with van der Waals surface area (Å²) in [5.41, 5.74) is 7.56. The Kier molecular flexibility index (Phi) is 10.1. The topological polar surface area (TPSA) is 193 Å². The number of nitrogens with zero attached hydrogens (tertiary/aromatic N) is 2. The predicted octanol–water partition coefficient (Wildman–Crippen LogP) is 4.51. The van der Waals surface area contributed by atoms with Crippen LogP contribution >= 0.6 is 23.1 Å². The number of amidine groups is 1. The molecular formula is C24H23F3N4O7S4. The molecule has 0 radical (unpaired) electrons. The maximum absolute atomic E-state index is 13.5. The second kappa shape index (κ2) is 12.8. The molecule has 0 aliphatic rings. The first-order valence-corrected chi connectivity index (χ1v) is 16.7. The summed E-state index contributed by atoms with van der Waals surface area (Å²) >= 11 is 2.43. The smallest absolute Gasteiger partial charge is 0.475 e. The van der Waals surface area contributed by atoms with Gasteiger partial charge in [-0.3, -0.25) is 9.96 Å². The van der Waals surface area contributed by atoms with Crippen LogP contribution in [0.15, 0.2) is 68.6 Å². The fraction of sp³-hybridized carbons (Fsp3) is 0.208. The van der Waals surface area contributed by atoms with Gasteiger partial charge < -0.3 is 15.4 Å². The fourth-order valence-electron chi connectivity index (χ4n) is 3.68. The van der Waals surface area contributed by atoms with E-state index in [0.717, 1.165) is 16.9 Å². The highest BCUT2D eigenvalue weighted by molar-refractivity contribution is 8.01. The van der Waals surface area contributed by atoms with E-state index in [2.05, 4.69) is 4.98 Å². The number of nitrogens with one attached hydrogen (secondary N) is 1. The Hall–Kier alpha value is -3.45. The van der Waals surface area contributed by atoms with Crippen LogP contribution < -0.4 is 5.73 Å². The highest BCUT2D eigenvalue weighted by atomic mass is 32.2. The minimum Gasteiger partial charge on any atom is -0.475 e. The van der Waals surface area contributed by atoms with Gasteiger partial charge in [-0.25, -0.2) is 18.2 Å². The van der Waals surface area contributed by atoms with Crippen LogP contribution in [0.2, 0.25) is 0 Å². The summed E-state index contributed by atoms with van der Waals surface area (Å²) in [6.45, 7) is 0.260. The van der Waals surface area contributed by atoms with Gasteiger partial charge in [-0.15, -0.1) is 23.1 Å². The Morgan fingerprint density at radius 2 is 1.76 bits per heavy atom. The van der Waals surface area contributed by atoms with Crippen LogP contribution in [0.1, 0.15) is 11.3 Å². The number of alkyl halides is 3. The average molecular weight is 665 g/mol. The first kappa shape index (κ1) is 33.1. The van der Waals surface area contributed by atoms with E-state index in [1.807, 2.05) is 28.8 Å². The number of aromatic nitrogens is 2. The molecule has 2 heterocycles. The van der Waals surface area contributed by atoms with Gasteiger partial charge in [-0.05, 0) is 43.0 Å². The number of aryl methyl sites for hydroxylation is 1. The van der Waals surface area contributed by atoms with Crippen LogP contribution in [0.25, 0.3) is 22.4 Å². The molecule has 4 aromatic rings. The summed E-state index contributed by atoms with van der Waals surface area (Å²) in [6, 6.07) is 15.1. The number of fused-ring (bicyclic) bond motifs is 1. The second-order valence-corrected chi connectivity index (χ2v) is 14.0. The third kappa shape index (κ3) is 7.88. The summed E-state index contributed by atoms with van der Waals surface area (Å²) in [7, 11) is -8.03. The van der Waals surface area contributed by atoms with E-state index in [4.69, 9.17) is 25.6 Å². The van der Waals surface area contributed by atoms with Gasteiger partial charge in [0.25, 0.3) is 10.1 Å². The Balaban J connectivity index is 0.000000616. The molecule has 4 rings (SSSR count). The summed E-state index contributed by atoms with van der Waals surface area (Å²) in [4.78, 5) is 14.1. The number of sulfone groups is 1.